The summed E-state index contributed by atoms with van der Waals surface area (Å²) in [4.78, 5) is 2.11. The van der Waals surface area contributed by atoms with Crippen LogP contribution in [0.2, 0.25) is 0 Å². The van der Waals surface area contributed by atoms with Crippen molar-refractivity contribution < 1.29 is 5.11 Å². The van der Waals surface area contributed by atoms with Crippen molar-refractivity contribution in [3.05, 3.63) is 29.8 Å². The summed E-state index contributed by atoms with van der Waals surface area (Å²) in [6, 6.07) is 8.55. The van der Waals surface area contributed by atoms with Gasteiger partial charge in [0.25, 0.3) is 0 Å². The van der Waals surface area contributed by atoms with Gasteiger partial charge in [-0.2, -0.15) is 0 Å². The van der Waals surface area contributed by atoms with Crippen LogP contribution in [-0.4, -0.2) is 24.8 Å². The Morgan fingerprint density at radius 1 is 1.19 bits per heavy atom. The van der Waals surface area contributed by atoms with E-state index in [4.69, 9.17) is 0 Å². The van der Waals surface area contributed by atoms with E-state index in [1.807, 2.05) is 7.05 Å². The van der Waals surface area contributed by atoms with E-state index in [1.165, 1.54) is 11.3 Å². The quantitative estimate of drug-likeness (QED) is 0.798. The number of hydrogen-bond donors (Lipinski definition) is 1. The molecule has 0 aliphatic rings. The van der Waals surface area contributed by atoms with Crippen LogP contribution in [0.4, 0.5) is 5.69 Å². The van der Waals surface area contributed by atoms with Crippen molar-refractivity contribution in [1.82, 2.24) is 0 Å². The zero-order valence-corrected chi connectivity index (χ0v) is 10.6. The van der Waals surface area contributed by atoms with E-state index in [1.54, 1.807) is 0 Å². The maximum atomic E-state index is 9.74. The fourth-order valence-electron chi connectivity index (χ4n) is 1.83. The van der Waals surface area contributed by atoms with E-state index >= 15 is 0 Å². The van der Waals surface area contributed by atoms with Gasteiger partial charge in [-0.1, -0.05) is 32.4 Å². The molecule has 0 aliphatic heterocycles. The molecule has 1 aromatic carbocycles. The van der Waals surface area contributed by atoms with Gasteiger partial charge in [-0.15, -0.1) is 0 Å². The van der Waals surface area contributed by atoms with Gasteiger partial charge in [0, 0.05) is 19.3 Å². The van der Waals surface area contributed by atoms with Crippen LogP contribution < -0.4 is 4.90 Å². The van der Waals surface area contributed by atoms with Crippen LogP contribution in [0.15, 0.2) is 24.3 Å². The average molecular weight is 221 g/mol. The summed E-state index contributed by atoms with van der Waals surface area (Å²) in [6.07, 6.45) is 2.75. The molecule has 2 nitrogen and oxygen atoms in total. The molecule has 16 heavy (non-hydrogen) atoms. The summed E-state index contributed by atoms with van der Waals surface area (Å²) in [7, 11) is 2.03. The van der Waals surface area contributed by atoms with E-state index in [2.05, 4.69) is 43.0 Å². The molecule has 1 rings (SSSR count). The minimum Gasteiger partial charge on any atom is -0.391 e. The Balaban J connectivity index is 2.55. The minimum atomic E-state index is -0.221. The molecule has 2 heteroatoms. The first-order valence-electron chi connectivity index (χ1n) is 6.15. The van der Waals surface area contributed by atoms with E-state index in [9.17, 15) is 5.11 Å². The molecule has 0 bridgehead atoms. The molecule has 0 radical (unpaired) electrons. The van der Waals surface area contributed by atoms with Crippen LogP contribution in [0.3, 0.4) is 0 Å². The lowest BCUT2D eigenvalue weighted by Crippen LogP contribution is -2.28. The number of hydrogen-bond acceptors (Lipinski definition) is 2. The van der Waals surface area contributed by atoms with E-state index in [0.29, 0.717) is 6.54 Å². The number of likely N-dealkylation sites (N-methyl/N-ethyl adjacent to an activating group) is 1. The molecular weight excluding hydrogens is 198 g/mol. The van der Waals surface area contributed by atoms with E-state index in [-0.39, 0.29) is 6.10 Å². The van der Waals surface area contributed by atoms with Crippen LogP contribution in [-0.2, 0) is 6.42 Å². The Hall–Kier alpha value is -1.02. The molecule has 0 saturated heterocycles. The van der Waals surface area contributed by atoms with Gasteiger partial charge in [0.2, 0.25) is 0 Å². The van der Waals surface area contributed by atoms with Gasteiger partial charge < -0.3 is 10.0 Å². The molecule has 0 spiro atoms. The fraction of sp³-hybridized carbons (Fsp3) is 0.571. The van der Waals surface area contributed by atoms with Crippen molar-refractivity contribution >= 4 is 5.69 Å². The van der Waals surface area contributed by atoms with Crippen molar-refractivity contribution in [2.45, 2.75) is 39.2 Å². The second-order valence-electron chi connectivity index (χ2n) is 4.34. The fourth-order valence-corrected chi connectivity index (χ4v) is 1.83. The Bertz CT molecular complexity index is 294. The number of rotatable bonds is 6. The largest absolute Gasteiger partial charge is 0.391 e. The van der Waals surface area contributed by atoms with E-state index in [0.717, 1.165) is 19.3 Å². The first kappa shape index (κ1) is 13.0. The van der Waals surface area contributed by atoms with Crippen LogP contribution >= 0.6 is 0 Å². The van der Waals surface area contributed by atoms with Crippen LogP contribution in [0.5, 0.6) is 0 Å². The normalized spacial score (nSPS) is 12.5. The maximum absolute atomic E-state index is 9.74. The predicted octanol–water partition coefficient (Wildman–Crippen LogP) is 2.85. The number of aryl methyl sites for hydroxylation is 1. The zero-order chi connectivity index (χ0) is 12.0. The minimum absolute atomic E-state index is 0.221. The molecule has 0 aliphatic carbocycles. The van der Waals surface area contributed by atoms with Gasteiger partial charge in [0.1, 0.15) is 0 Å². The van der Waals surface area contributed by atoms with Gasteiger partial charge in [0.05, 0.1) is 6.10 Å². The molecular formula is C14H23NO. The van der Waals surface area contributed by atoms with Gasteiger partial charge in [-0.25, -0.2) is 0 Å². The highest BCUT2D eigenvalue weighted by Crippen LogP contribution is 2.15. The lowest BCUT2D eigenvalue weighted by Gasteiger charge is -2.22. The Morgan fingerprint density at radius 3 is 2.31 bits per heavy atom. The third-order valence-corrected chi connectivity index (χ3v) is 2.89. The molecule has 0 amide bonds. The highest BCUT2D eigenvalue weighted by atomic mass is 16.3. The maximum Gasteiger partial charge on any atom is 0.0714 e. The lowest BCUT2D eigenvalue weighted by atomic mass is 10.1. The molecule has 90 valence electrons. The number of nitrogens with zero attached hydrogens (tertiary/aromatic N) is 1. The molecule has 1 aromatic rings. The number of anilines is 1. The number of aliphatic hydroxyl groups is 1. The predicted molar refractivity (Wildman–Crippen MR) is 70.0 cm³/mol. The van der Waals surface area contributed by atoms with Gasteiger partial charge in [0.15, 0.2) is 0 Å². The Kier molecular flexibility index (Phi) is 5.33. The third-order valence-electron chi connectivity index (χ3n) is 2.89. The molecule has 0 fully saturated rings. The van der Waals surface area contributed by atoms with Gasteiger partial charge >= 0.3 is 0 Å². The SMILES string of the molecule is CCCC(O)CN(C)c1ccc(CC)cc1. The highest BCUT2D eigenvalue weighted by Gasteiger charge is 2.07. The Morgan fingerprint density at radius 2 is 1.81 bits per heavy atom. The first-order valence-corrected chi connectivity index (χ1v) is 6.15. The summed E-state index contributed by atoms with van der Waals surface area (Å²) < 4.78 is 0. The van der Waals surface area contributed by atoms with Crippen molar-refractivity contribution in [1.29, 1.82) is 0 Å². The van der Waals surface area contributed by atoms with Gasteiger partial charge in [-0.05, 0) is 30.5 Å². The number of aliphatic hydroxyl groups excluding tert-OH is 1. The van der Waals surface area contributed by atoms with Crippen molar-refractivity contribution in [3.8, 4) is 0 Å². The third kappa shape index (κ3) is 3.86. The summed E-state index contributed by atoms with van der Waals surface area (Å²) in [6.45, 7) is 4.96. The van der Waals surface area contributed by atoms with Crippen LogP contribution in [0.25, 0.3) is 0 Å². The molecule has 0 saturated carbocycles. The topological polar surface area (TPSA) is 23.5 Å². The molecule has 0 aromatic heterocycles. The Labute approximate surface area is 98.9 Å². The summed E-state index contributed by atoms with van der Waals surface area (Å²) in [5.74, 6) is 0. The highest BCUT2D eigenvalue weighted by molar-refractivity contribution is 5.46. The van der Waals surface area contributed by atoms with Crippen LogP contribution in [0, 0.1) is 0 Å². The first-order chi connectivity index (χ1) is 7.67. The summed E-state index contributed by atoms with van der Waals surface area (Å²) >= 11 is 0. The number of benzene rings is 1. The molecule has 1 atom stereocenters. The zero-order valence-electron chi connectivity index (χ0n) is 10.6. The van der Waals surface area contributed by atoms with Crippen molar-refractivity contribution in [2.75, 3.05) is 18.5 Å². The standard InChI is InChI=1S/C14H23NO/c1-4-6-14(16)11-15(3)13-9-7-12(5-2)8-10-13/h7-10,14,16H,4-6,11H2,1-3H3. The summed E-state index contributed by atoms with van der Waals surface area (Å²) in [5, 5.41) is 9.74. The second kappa shape index (κ2) is 6.54. The molecule has 0 heterocycles. The van der Waals surface area contributed by atoms with E-state index < -0.39 is 0 Å². The van der Waals surface area contributed by atoms with Crippen molar-refractivity contribution in [3.63, 3.8) is 0 Å². The smallest absolute Gasteiger partial charge is 0.0714 e. The van der Waals surface area contributed by atoms with Crippen molar-refractivity contribution in [2.24, 2.45) is 0 Å². The monoisotopic (exact) mass is 221 g/mol. The molecule has 1 N–H and O–H groups in total. The van der Waals surface area contributed by atoms with Gasteiger partial charge in [-0.3, -0.25) is 0 Å². The van der Waals surface area contributed by atoms with Crippen LogP contribution in [0.1, 0.15) is 32.3 Å². The molecule has 1 unspecified atom stereocenters. The summed E-state index contributed by atoms with van der Waals surface area (Å²) in [5.41, 5.74) is 2.53. The lowest BCUT2D eigenvalue weighted by molar-refractivity contribution is 0.170. The average Bonchev–Trinajstić information content (AvgIpc) is 2.29. The second-order valence-corrected chi connectivity index (χ2v) is 4.34.